The van der Waals surface area contributed by atoms with Gasteiger partial charge in [-0.25, -0.2) is 4.39 Å². The Bertz CT molecular complexity index is 584. The normalized spacial score (nSPS) is 19.5. The Labute approximate surface area is 146 Å². The SMILES string of the molecule is C=C(C)c1cc(F)c(NC2CCCCC2)cc1N(C)C1CCCC1. The van der Waals surface area contributed by atoms with Crippen LogP contribution in [0, 0.1) is 5.82 Å². The first kappa shape index (κ1) is 17.3. The van der Waals surface area contributed by atoms with Crippen molar-refractivity contribution >= 4 is 16.9 Å². The van der Waals surface area contributed by atoms with E-state index in [2.05, 4.69) is 23.8 Å². The predicted octanol–water partition coefficient (Wildman–Crippen LogP) is 5.98. The van der Waals surface area contributed by atoms with E-state index in [1.807, 2.05) is 13.0 Å². The summed E-state index contributed by atoms with van der Waals surface area (Å²) < 4.78 is 14.7. The van der Waals surface area contributed by atoms with Gasteiger partial charge < -0.3 is 10.2 Å². The maximum Gasteiger partial charge on any atom is 0.147 e. The molecule has 0 bridgehead atoms. The average molecular weight is 330 g/mol. The number of nitrogens with zero attached hydrogens (tertiary/aromatic N) is 1. The van der Waals surface area contributed by atoms with E-state index in [1.165, 1.54) is 44.9 Å². The largest absolute Gasteiger partial charge is 0.380 e. The average Bonchev–Trinajstić information content (AvgIpc) is 3.11. The van der Waals surface area contributed by atoms with E-state index < -0.39 is 0 Å². The third-order valence-corrected chi connectivity index (χ3v) is 5.76. The van der Waals surface area contributed by atoms with E-state index in [9.17, 15) is 4.39 Å². The number of nitrogens with one attached hydrogen (secondary N) is 1. The van der Waals surface area contributed by atoms with Crippen molar-refractivity contribution in [1.82, 2.24) is 0 Å². The summed E-state index contributed by atoms with van der Waals surface area (Å²) in [6.07, 6.45) is 11.2. The Morgan fingerprint density at radius 3 is 2.33 bits per heavy atom. The van der Waals surface area contributed by atoms with Gasteiger partial charge in [-0.2, -0.15) is 0 Å². The van der Waals surface area contributed by atoms with Crippen LogP contribution in [-0.2, 0) is 0 Å². The second-order valence-corrected chi connectivity index (χ2v) is 7.66. The molecule has 3 heteroatoms. The van der Waals surface area contributed by atoms with Crippen LogP contribution in [0.25, 0.3) is 5.57 Å². The van der Waals surface area contributed by atoms with Gasteiger partial charge in [-0.15, -0.1) is 0 Å². The Morgan fingerprint density at radius 1 is 1.08 bits per heavy atom. The highest BCUT2D eigenvalue weighted by Gasteiger charge is 2.24. The fourth-order valence-electron chi connectivity index (χ4n) is 4.26. The Morgan fingerprint density at radius 2 is 1.71 bits per heavy atom. The molecular formula is C21H31FN2. The lowest BCUT2D eigenvalue weighted by Gasteiger charge is -2.31. The van der Waals surface area contributed by atoms with Crippen LogP contribution in [0.4, 0.5) is 15.8 Å². The van der Waals surface area contributed by atoms with Crippen molar-refractivity contribution in [3.05, 3.63) is 30.1 Å². The van der Waals surface area contributed by atoms with Gasteiger partial charge in [0.05, 0.1) is 5.69 Å². The smallest absolute Gasteiger partial charge is 0.147 e. The van der Waals surface area contributed by atoms with Crippen molar-refractivity contribution in [2.75, 3.05) is 17.3 Å². The molecule has 2 aliphatic carbocycles. The zero-order valence-corrected chi connectivity index (χ0v) is 15.2. The Balaban J connectivity index is 1.89. The highest BCUT2D eigenvalue weighted by Crippen LogP contribution is 2.36. The second-order valence-electron chi connectivity index (χ2n) is 7.66. The van der Waals surface area contributed by atoms with Crippen LogP contribution >= 0.6 is 0 Å². The molecule has 0 saturated heterocycles. The molecular weight excluding hydrogens is 299 g/mol. The highest BCUT2D eigenvalue weighted by atomic mass is 19.1. The molecule has 0 heterocycles. The minimum Gasteiger partial charge on any atom is -0.380 e. The maximum atomic E-state index is 14.7. The molecule has 24 heavy (non-hydrogen) atoms. The van der Waals surface area contributed by atoms with Gasteiger partial charge in [0.25, 0.3) is 0 Å². The second kappa shape index (κ2) is 7.58. The topological polar surface area (TPSA) is 15.3 Å². The fraction of sp³-hybridized carbons (Fsp3) is 0.619. The zero-order valence-electron chi connectivity index (χ0n) is 15.2. The summed E-state index contributed by atoms with van der Waals surface area (Å²) in [4.78, 5) is 2.35. The lowest BCUT2D eigenvalue weighted by atomic mass is 9.95. The summed E-state index contributed by atoms with van der Waals surface area (Å²) in [5.41, 5.74) is 3.65. The van der Waals surface area contributed by atoms with Gasteiger partial charge in [0.2, 0.25) is 0 Å². The minimum absolute atomic E-state index is 0.151. The van der Waals surface area contributed by atoms with Gasteiger partial charge in [-0.1, -0.05) is 38.7 Å². The molecule has 2 fully saturated rings. The van der Waals surface area contributed by atoms with Crippen LogP contribution in [0.1, 0.15) is 70.3 Å². The van der Waals surface area contributed by atoms with Crippen molar-refractivity contribution in [2.24, 2.45) is 0 Å². The molecule has 0 aromatic heterocycles. The van der Waals surface area contributed by atoms with E-state index in [0.29, 0.717) is 17.8 Å². The molecule has 1 N–H and O–H groups in total. The third kappa shape index (κ3) is 3.76. The number of hydrogen-bond donors (Lipinski definition) is 1. The van der Waals surface area contributed by atoms with E-state index in [0.717, 1.165) is 29.7 Å². The molecule has 3 rings (SSSR count). The molecule has 1 aromatic carbocycles. The van der Waals surface area contributed by atoms with Gasteiger partial charge in [-0.3, -0.25) is 0 Å². The number of anilines is 2. The number of rotatable bonds is 5. The highest BCUT2D eigenvalue weighted by molar-refractivity contribution is 5.78. The van der Waals surface area contributed by atoms with Crippen molar-refractivity contribution in [3.8, 4) is 0 Å². The molecule has 0 unspecified atom stereocenters. The van der Waals surface area contributed by atoms with Gasteiger partial charge in [-0.05, 0) is 50.3 Å². The Kier molecular flexibility index (Phi) is 5.47. The van der Waals surface area contributed by atoms with Gasteiger partial charge in [0, 0.05) is 30.4 Å². The summed E-state index contributed by atoms with van der Waals surface area (Å²) in [5.74, 6) is -0.151. The Hall–Kier alpha value is -1.51. The van der Waals surface area contributed by atoms with Gasteiger partial charge in [0.15, 0.2) is 0 Å². The first-order chi connectivity index (χ1) is 11.6. The first-order valence-electron chi connectivity index (χ1n) is 9.55. The molecule has 2 nitrogen and oxygen atoms in total. The number of hydrogen-bond acceptors (Lipinski definition) is 2. The molecule has 132 valence electrons. The molecule has 1 aromatic rings. The summed E-state index contributed by atoms with van der Waals surface area (Å²) in [6.45, 7) is 6.04. The first-order valence-corrected chi connectivity index (χ1v) is 9.55. The van der Waals surface area contributed by atoms with Crippen LogP contribution in [0.2, 0.25) is 0 Å². The lowest BCUT2D eigenvalue weighted by Crippen LogP contribution is -2.30. The monoisotopic (exact) mass is 330 g/mol. The van der Waals surface area contributed by atoms with Crippen LogP contribution in [0.3, 0.4) is 0 Å². The van der Waals surface area contributed by atoms with Crippen LogP contribution in [0.5, 0.6) is 0 Å². The van der Waals surface area contributed by atoms with Crippen molar-refractivity contribution in [2.45, 2.75) is 76.8 Å². The molecule has 0 radical (unpaired) electrons. The van der Waals surface area contributed by atoms with Crippen molar-refractivity contribution < 1.29 is 4.39 Å². The number of benzene rings is 1. The van der Waals surface area contributed by atoms with E-state index in [-0.39, 0.29) is 5.82 Å². The maximum absolute atomic E-state index is 14.7. The van der Waals surface area contributed by atoms with E-state index in [1.54, 1.807) is 6.07 Å². The quantitative estimate of drug-likeness (QED) is 0.714. The molecule has 2 saturated carbocycles. The predicted molar refractivity (Wildman–Crippen MR) is 102 cm³/mol. The summed E-state index contributed by atoms with van der Waals surface area (Å²) in [6, 6.07) is 4.67. The third-order valence-electron chi connectivity index (χ3n) is 5.76. The minimum atomic E-state index is -0.151. The molecule has 0 atom stereocenters. The van der Waals surface area contributed by atoms with Crippen molar-refractivity contribution in [3.63, 3.8) is 0 Å². The molecule has 2 aliphatic rings. The molecule has 0 amide bonds. The molecule has 0 spiro atoms. The summed E-state index contributed by atoms with van der Waals surface area (Å²) >= 11 is 0. The standard InChI is InChI=1S/C21H31FN2/c1-15(2)18-13-19(22)20(23-16-9-5-4-6-10-16)14-21(18)24(3)17-11-7-8-12-17/h13-14,16-17,23H,1,4-12H2,2-3H3. The molecule has 0 aliphatic heterocycles. The van der Waals surface area contributed by atoms with Gasteiger partial charge >= 0.3 is 0 Å². The fourth-order valence-corrected chi connectivity index (χ4v) is 4.26. The summed E-state index contributed by atoms with van der Waals surface area (Å²) in [5, 5.41) is 3.47. The van der Waals surface area contributed by atoms with Gasteiger partial charge in [0.1, 0.15) is 5.82 Å². The number of halogens is 1. The number of allylic oxidation sites excluding steroid dienone is 1. The van der Waals surface area contributed by atoms with E-state index in [4.69, 9.17) is 0 Å². The van der Waals surface area contributed by atoms with Crippen molar-refractivity contribution in [1.29, 1.82) is 0 Å². The van der Waals surface area contributed by atoms with Crippen LogP contribution < -0.4 is 10.2 Å². The summed E-state index contributed by atoms with van der Waals surface area (Å²) in [7, 11) is 2.15. The van der Waals surface area contributed by atoms with E-state index >= 15 is 0 Å². The van der Waals surface area contributed by atoms with Crippen LogP contribution in [-0.4, -0.2) is 19.1 Å². The zero-order chi connectivity index (χ0) is 17.1. The van der Waals surface area contributed by atoms with Crippen LogP contribution in [0.15, 0.2) is 18.7 Å². The lowest BCUT2D eigenvalue weighted by molar-refractivity contribution is 0.460.